The lowest BCUT2D eigenvalue weighted by molar-refractivity contribution is 0.0674. The number of rotatable bonds is 4. The Bertz CT molecular complexity index is 570. The summed E-state index contributed by atoms with van der Waals surface area (Å²) in [5, 5.41) is 5.98. The first-order valence-corrected chi connectivity index (χ1v) is 8.28. The predicted molar refractivity (Wildman–Crippen MR) is 89.7 cm³/mol. The van der Waals surface area contributed by atoms with Crippen LogP contribution in [0.3, 0.4) is 0 Å². The maximum atomic E-state index is 12.7. The molecule has 2 fully saturated rings. The molecule has 0 aliphatic carbocycles. The molecule has 2 heterocycles. The van der Waals surface area contributed by atoms with Crippen molar-refractivity contribution in [2.24, 2.45) is 5.92 Å². The molecular formula is C17H24N4O2. The summed E-state index contributed by atoms with van der Waals surface area (Å²) in [4.78, 5) is 28.0. The number of piperidine rings is 1. The van der Waals surface area contributed by atoms with Crippen molar-refractivity contribution < 1.29 is 9.59 Å². The molecule has 0 radical (unpaired) electrons. The molecule has 1 aromatic carbocycles. The summed E-state index contributed by atoms with van der Waals surface area (Å²) in [6.07, 6.45) is 2.23. The van der Waals surface area contributed by atoms with E-state index >= 15 is 0 Å². The first-order chi connectivity index (χ1) is 11.2. The molecule has 6 heteroatoms. The SMILES string of the molecule is CNCC1CCCN(C(=O)c2ccc(N3CCNC3=O)cc2)C1. The molecule has 3 rings (SSSR count). The summed E-state index contributed by atoms with van der Waals surface area (Å²) in [6, 6.07) is 7.28. The standard InChI is InChI=1S/C17H24N4O2/c1-18-11-13-3-2-9-20(12-13)16(22)14-4-6-15(7-5-14)21-10-8-19-17(21)23/h4-7,13,18H,2-3,8-12H2,1H3,(H,19,23). The van der Waals surface area contributed by atoms with E-state index in [2.05, 4.69) is 10.6 Å². The van der Waals surface area contributed by atoms with Crippen molar-refractivity contribution in [3.8, 4) is 0 Å². The second kappa shape index (κ2) is 7.00. The van der Waals surface area contributed by atoms with Gasteiger partial charge in [-0.3, -0.25) is 9.69 Å². The molecule has 0 bridgehead atoms. The van der Waals surface area contributed by atoms with Crippen LogP contribution in [0.1, 0.15) is 23.2 Å². The van der Waals surface area contributed by atoms with Gasteiger partial charge in [0.2, 0.25) is 0 Å². The molecular weight excluding hydrogens is 292 g/mol. The van der Waals surface area contributed by atoms with Gasteiger partial charge in [-0.05, 0) is 56.6 Å². The molecule has 2 aliphatic heterocycles. The number of anilines is 1. The van der Waals surface area contributed by atoms with Gasteiger partial charge < -0.3 is 15.5 Å². The lowest BCUT2D eigenvalue weighted by Crippen LogP contribution is -2.42. The zero-order valence-electron chi connectivity index (χ0n) is 13.5. The fraction of sp³-hybridized carbons (Fsp3) is 0.529. The van der Waals surface area contributed by atoms with Gasteiger partial charge in [0.1, 0.15) is 0 Å². The Morgan fingerprint density at radius 1 is 1.30 bits per heavy atom. The van der Waals surface area contributed by atoms with Gasteiger partial charge in [-0.2, -0.15) is 0 Å². The van der Waals surface area contributed by atoms with Gasteiger partial charge in [0, 0.05) is 37.4 Å². The first-order valence-electron chi connectivity index (χ1n) is 8.28. The van der Waals surface area contributed by atoms with Crippen molar-refractivity contribution in [1.29, 1.82) is 0 Å². The smallest absolute Gasteiger partial charge is 0.321 e. The highest BCUT2D eigenvalue weighted by Crippen LogP contribution is 2.21. The van der Waals surface area contributed by atoms with Crippen LogP contribution in [0.25, 0.3) is 0 Å². The molecule has 1 aromatic rings. The van der Waals surface area contributed by atoms with Gasteiger partial charge >= 0.3 is 6.03 Å². The molecule has 0 saturated carbocycles. The molecule has 2 aliphatic rings. The average molecular weight is 316 g/mol. The Labute approximate surface area is 136 Å². The van der Waals surface area contributed by atoms with Crippen LogP contribution in [-0.2, 0) is 0 Å². The topological polar surface area (TPSA) is 64.7 Å². The van der Waals surface area contributed by atoms with Gasteiger partial charge in [0.05, 0.1) is 0 Å². The number of amides is 3. The van der Waals surface area contributed by atoms with E-state index in [4.69, 9.17) is 0 Å². The van der Waals surface area contributed by atoms with Crippen LogP contribution in [0.15, 0.2) is 24.3 Å². The summed E-state index contributed by atoms with van der Waals surface area (Å²) >= 11 is 0. The monoisotopic (exact) mass is 316 g/mol. The second-order valence-electron chi connectivity index (χ2n) is 6.25. The van der Waals surface area contributed by atoms with E-state index in [9.17, 15) is 9.59 Å². The van der Waals surface area contributed by atoms with Gasteiger partial charge in [-0.1, -0.05) is 0 Å². The molecule has 0 aromatic heterocycles. The van der Waals surface area contributed by atoms with Gasteiger partial charge in [0.15, 0.2) is 0 Å². The number of benzene rings is 1. The normalized spacial score (nSPS) is 21.4. The lowest BCUT2D eigenvalue weighted by Gasteiger charge is -2.32. The van der Waals surface area contributed by atoms with Crippen molar-refractivity contribution in [1.82, 2.24) is 15.5 Å². The number of carbonyl (C=O) groups excluding carboxylic acids is 2. The quantitative estimate of drug-likeness (QED) is 0.880. The van der Waals surface area contributed by atoms with Crippen LogP contribution in [0.2, 0.25) is 0 Å². The zero-order chi connectivity index (χ0) is 16.2. The maximum Gasteiger partial charge on any atom is 0.321 e. The molecule has 2 saturated heterocycles. The van der Waals surface area contributed by atoms with Crippen molar-refractivity contribution in [3.05, 3.63) is 29.8 Å². The zero-order valence-corrected chi connectivity index (χ0v) is 13.5. The third kappa shape index (κ3) is 3.47. The van der Waals surface area contributed by atoms with E-state index in [0.29, 0.717) is 24.6 Å². The summed E-state index contributed by atoms with van der Waals surface area (Å²) in [7, 11) is 1.95. The number of urea groups is 1. The molecule has 0 spiro atoms. The van der Waals surface area contributed by atoms with E-state index < -0.39 is 0 Å². The Morgan fingerprint density at radius 3 is 2.74 bits per heavy atom. The van der Waals surface area contributed by atoms with Crippen LogP contribution in [0.4, 0.5) is 10.5 Å². The third-order valence-electron chi connectivity index (χ3n) is 4.58. The maximum absolute atomic E-state index is 12.7. The van der Waals surface area contributed by atoms with Gasteiger partial charge in [-0.25, -0.2) is 4.79 Å². The highest BCUT2D eigenvalue weighted by molar-refractivity contribution is 5.97. The summed E-state index contributed by atoms with van der Waals surface area (Å²) < 4.78 is 0. The molecule has 1 unspecified atom stereocenters. The fourth-order valence-electron chi connectivity index (χ4n) is 3.39. The molecule has 1 atom stereocenters. The van der Waals surface area contributed by atoms with E-state index in [0.717, 1.165) is 31.7 Å². The van der Waals surface area contributed by atoms with E-state index in [-0.39, 0.29) is 11.9 Å². The molecule has 124 valence electrons. The van der Waals surface area contributed by atoms with Crippen LogP contribution in [0.5, 0.6) is 0 Å². The van der Waals surface area contributed by atoms with Crippen LogP contribution in [-0.4, -0.2) is 56.6 Å². The van der Waals surface area contributed by atoms with E-state index in [1.807, 2.05) is 36.2 Å². The van der Waals surface area contributed by atoms with Gasteiger partial charge in [-0.15, -0.1) is 0 Å². The minimum atomic E-state index is -0.0741. The summed E-state index contributed by atoms with van der Waals surface area (Å²) in [5.41, 5.74) is 1.53. The molecule has 2 N–H and O–H groups in total. The molecule has 23 heavy (non-hydrogen) atoms. The van der Waals surface area contributed by atoms with E-state index in [1.54, 1.807) is 4.90 Å². The van der Waals surface area contributed by atoms with Gasteiger partial charge in [0.25, 0.3) is 5.91 Å². The third-order valence-corrected chi connectivity index (χ3v) is 4.58. The summed E-state index contributed by atoms with van der Waals surface area (Å²) in [5.74, 6) is 0.619. The van der Waals surface area contributed by atoms with Crippen LogP contribution in [0, 0.1) is 5.92 Å². The molecule has 6 nitrogen and oxygen atoms in total. The predicted octanol–water partition coefficient (Wildman–Crippen LogP) is 1.29. The molecule has 3 amide bonds. The number of hydrogen-bond donors (Lipinski definition) is 2. The van der Waals surface area contributed by atoms with E-state index in [1.165, 1.54) is 6.42 Å². The minimum absolute atomic E-state index is 0.0741. The van der Waals surface area contributed by atoms with Crippen molar-refractivity contribution in [2.45, 2.75) is 12.8 Å². The average Bonchev–Trinajstić information content (AvgIpc) is 3.01. The lowest BCUT2D eigenvalue weighted by atomic mass is 9.97. The fourth-order valence-corrected chi connectivity index (χ4v) is 3.39. The largest absolute Gasteiger partial charge is 0.338 e. The van der Waals surface area contributed by atoms with Crippen molar-refractivity contribution in [2.75, 3.05) is 44.7 Å². The second-order valence-corrected chi connectivity index (χ2v) is 6.25. The Kier molecular flexibility index (Phi) is 4.81. The van der Waals surface area contributed by atoms with Crippen LogP contribution >= 0.6 is 0 Å². The number of carbonyl (C=O) groups is 2. The highest BCUT2D eigenvalue weighted by Gasteiger charge is 2.25. The first kappa shape index (κ1) is 15.8. The Morgan fingerprint density at radius 2 is 2.09 bits per heavy atom. The number of nitrogens with one attached hydrogen (secondary N) is 2. The summed E-state index contributed by atoms with van der Waals surface area (Å²) in [6.45, 7) is 3.93. The van der Waals surface area contributed by atoms with Crippen molar-refractivity contribution >= 4 is 17.6 Å². The number of likely N-dealkylation sites (tertiary alicyclic amines) is 1. The number of hydrogen-bond acceptors (Lipinski definition) is 3. The number of nitrogens with zero attached hydrogens (tertiary/aromatic N) is 2. The highest BCUT2D eigenvalue weighted by atomic mass is 16.2. The van der Waals surface area contributed by atoms with Crippen molar-refractivity contribution in [3.63, 3.8) is 0 Å². The Hall–Kier alpha value is -2.08. The van der Waals surface area contributed by atoms with Crippen LogP contribution < -0.4 is 15.5 Å². The Balaban J connectivity index is 1.66. The minimum Gasteiger partial charge on any atom is -0.338 e.